The number of aromatic nitrogens is 4. The summed E-state index contributed by atoms with van der Waals surface area (Å²) < 4.78 is 6.17. The molecule has 1 N–H and O–H groups in total. The molecule has 11 heteroatoms. The van der Waals surface area contributed by atoms with E-state index >= 15 is 0 Å². The number of hydrogen-bond donors (Lipinski definition) is 1. The molecule has 0 saturated heterocycles. The first kappa shape index (κ1) is 28.4. The fourth-order valence-corrected chi connectivity index (χ4v) is 4.38. The van der Waals surface area contributed by atoms with Gasteiger partial charge in [0.2, 0.25) is 0 Å². The quantitative estimate of drug-likeness (QED) is 0.215. The largest absolute Gasteiger partial charge is 0.453 e. The number of pyridine rings is 3. The normalized spacial score (nSPS) is 9.71. The second kappa shape index (κ2) is 13.9. The van der Waals surface area contributed by atoms with Gasteiger partial charge in [-0.2, -0.15) is 0 Å². The first-order valence-corrected chi connectivity index (χ1v) is 11.5. The molecule has 0 spiro atoms. The minimum atomic E-state index is 0. The van der Waals surface area contributed by atoms with Crippen molar-refractivity contribution in [2.45, 2.75) is 9.79 Å². The average Bonchev–Trinajstić information content (AvgIpc) is 3.31. The Balaban J connectivity index is 0.00000144. The van der Waals surface area contributed by atoms with Gasteiger partial charge < -0.3 is 10.1 Å². The first-order chi connectivity index (χ1) is 15.8. The van der Waals surface area contributed by atoms with Crippen LogP contribution in [-0.4, -0.2) is 19.9 Å². The van der Waals surface area contributed by atoms with Crippen LogP contribution in [0.4, 0.5) is 10.9 Å². The highest BCUT2D eigenvalue weighted by molar-refractivity contribution is 7.99. The number of thiazole rings is 1. The lowest BCUT2D eigenvalue weighted by molar-refractivity contribution is 0.481. The summed E-state index contributed by atoms with van der Waals surface area (Å²) in [4.78, 5) is 19.7. The molecule has 0 radical (unpaired) electrons. The van der Waals surface area contributed by atoms with Gasteiger partial charge in [-0.25, -0.2) is 9.97 Å². The topological polar surface area (TPSA) is 72.8 Å². The van der Waals surface area contributed by atoms with Crippen LogP contribution in [0.15, 0.2) is 107 Å². The first-order valence-electron chi connectivity index (χ1n) is 9.78. The molecule has 5 aromatic rings. The van der Waals surface area contributed by atoms with E-state index in [9.17, 15) is 0 Å². The van der Waals surface area contributed by atoms with E-state index in [4.69, 9.17) is 4.74 Å². The van der Waals surface area contributed by atoms with Crippen molar-refractivity contribution in [3.05, 3.63) is 96.9 Å². The van der Waals surface area contributed by atoms with Gasteiger partial charge in [0.1, 0.15) is 11.4 Å². The zero-order valence-corrected chi connectivity index (χ0v) is 22.1. The molecule has 0 aliphatic carbocycles. The van der Waals surface area contributed by atoms with Crippen molar-refractivity contribution in [2.24, 2.45) is 0 Å². The molecule has 0 atom stereocenters. The van der Waals surface area contributed by atoms with E-state index in [1.165, 1.54) is 11.3 Å². The maximum atomic E-state index is 6.17. The van der Waals surface area contributed by atoms with Crippen LogP contribution < -0.4 is 10.1 Å². The van der Waals surface area contributed by atoms with Crippen molar-refractivity contribution in [2.75, 3.05) is 5.32 Å². The summed E-state index contributed by atoms with van der Waals surface area (Å²) in [5.41, 5.74) is 1.64. The van der Waals surface area contributed by atoms with E-state index in [-0.39, 0.29) is 37.2 Å². The fraction of sp³-hybridized carbons (Fsp3) is 0. The molecule has 0 aliphatic heterocycles. The molecule has 4 aromatic heterocycles. The molecule has 0 aliphatic rings. The van der Waals surface area contributed by atoms with Gasteiger partial charge in [-0.15, -0.1) is 48.6 Å². The summed E-state index contributed by atoms with van der Waals surface area (Å²) in [6.45, 7) is 0. The number of halogens is 3. The van der Waals surface area contributed by atoms with E-state index in [1.54, 1.807) is 30.4 Å². The molecule has 5 rings (SSSR count). The number of rotatable bonds is 7. The average molecular weight is 565 g/mol. The maximum absolute atomic E-state index is 6.17. The van der Waals surface area contributed by atoms with Crippen LogP contribution in [0.5, 0.6) is 11.5 Å². The zero-order valence-electron chi connectivity index (χ0n) is 18.0. The van der Waals surface area contributed by atoms with Gasteiger partial charge in [-0.1, -0.05) is 36.0 Å². The summed E-state index contributed by atoms with van der Waals surface area (Å²) in [5.74, 6) is 1.94. The lowest BCUT2D eigenvalue weighted by Gasteiger charge is -2.12. The van der Waals surface area contributed by atoms with Crippen molar-refractivity contribution in [3.63, 3.8) is 0 Å². The van der Waals surface area contributed by atoms with Crippen LogP contribution >= 0.6 is 60.3 Å². The Hall–Kier alpha value is -2.88. The predicted molar refractivity (Wildman–Crippen MR) is 149 cm³/mol. The minimum Gasteiger partial charge on any atom is -0.453 e. The number of hydrogen-bond acceptors (Lipinski definition) is 8. The zero-order chi connectivity index (χ0) is 21.6. The van der Waals surface area contributed by atoms with Crippen molar-refractivity contribution in [3.8, 4) is 22.9 Å². The number of nitrogens with zero attached hydrogens (tertiary/aromatic N) is 4. The Bertz CT molecular complexity index is 1310. The maximum Gasteiger partial charge on any atom is 0.189 e. The van der Waals surface area contributed by atoms with E-state index in [0.717, 1.165) is 26.9 Å². The number of nitrogens with one attached hydrogen (secondary N) is 1. The Kier molecular flexibility index (Phi) is 11.2. The molecule has 1 aromatic carbocycles. The second-order valence-corrected chi connectivity index (χ2v) is 8.60. The number of anilines is 2. The molecule has 35 heavy (non-hydrogen) atoms. The molecule has 0 bridgehead atoms. The third-order valence-corrected chi connectivity index (χ3v) is 6.07. The summed E-state index contributed by atoms with van der Waals surface area (Å²) in [5, 5.41) is 5.98. The predicted octanol–water partition coefficient (Wildman–Crippen LogP) is 7.95. The van der Waals surface area contributed by atoms with E-state index in [1.807, 2.05) is 78.3 Å². The van der Waals surface area contributed by atoms with Crippen LogP contribution in [0, 0.1) is 0 Å². The fourth-order valence-electron chi connectivity index (χ4n) is 2.88. The standard InChI is InChI=1S/C24H17N5OS2.3ClH/c1-2-6-17(7-3-1)30-22-14-19(32-18-9-12-25-13-10-18)15-27-23(22)29-24-28-21(16-31-24)20-8-4-5-11-26-20;;;/h1-16H,(H,27,28,29);3*1H. The third-order valence-electron chi connectivity index (χ3n) is 4.34. The third kappa shape index (κ3) is 7.55. The monoisotopic (exact) mass is 563 g/mol. The molecular formula is C24H20Cl3N5OS2. The molecule has 0 saturated carbocycles. The summed E-state index contributed by atoms with van der Waals surface area (Å²) in [7, 11) is 0. The van der Waals surface area contributed by atoms with E-state index in [0.29, 0.717) is 16.7 Å². The Morgan fingerprint density at radius 1 is 0.771 bits per heavy atom. The molecule has 6 nitrogen and oxygen atoms in total. The Labute approximate surface area is 229 Å². The molecule has 0 fully saturated rings. The molecule has 4 heterocycles. The lowest BCUT2D eigenvalue weighted by Crippen LogP contribution is -1.98. The van der Waals surface area contributed by atoms with Gasteiger partial charge in [0, 0.05) is 46.0 Å². The second-order valence-electron chi connectivity index (χ2n) is 6.60. The Morgan fingerprint density at radius 2 is 1.54 bits per heavy atom. The molecule has 0 unspecified atom stereocenters. The lowest BCUT2D eigenvalue weighted by atomic mass is 10.3. The van der Waals surface area contributed by atoms with Gasteiger partial charge in [0.05, 0.1) is 5.69 Å². The number of ether oxygens (including phenoxy) is 1. The van der Waals surface area contributed by atoms with Crippen LogP contribution in [0.3, 0.4) is 0 Å². The summed E-state index contributed by atoms with van der Waals surface area (Å²) >= 11 is 3.09. The van der Waals surface area contributed by atoms with Gasteiger partial charge in [-0.05, 0) is 36.4 Å². The van der Waals surface area contributed by atoms with E-state index in [2.05, 4.69) is 25.3 Å². The SMILES string of the molecule is Cl.Cl.Cl.c1ccc(Oc2cc(Sc3ccncc3)cnc2Nc2nc(-c3ccccn3)cs2)cc1. The molecular weight excluding hydrogens is 545 g/mol. The smallest absolute Gasteiger partial charge is 0.189 e. The van der Waals surface area contributed by atoms with Crippen molar-refractivity contribution >= 4 is 71.3 Å². The summed E-state index contributed by atoms with van der Waals surface area (Å²) in [6.07, 6.45) is 7.12. The molecule has 0 amide bonds. The minimum absolute atomic E-state index is 0. The van der Waals surface area contributed by atoms with E-state index < -0.39 is 0 Å². The Morgan fingerprint density at radius 3 is 2.29 bits per heavy atom. The van der Waals surface area contributed by atoms with Gasteiger partial charge in [-0.3, -0.25) is 9.97 Å². The van der Waals surface area contributed by atoms with Crippen LogP contribution in [0.2, 0.25) is 0 Å². The van der Waals surface area contributed by atoms with Crippen molar-refractivity contribution in [1.82, 2.24) is 19.9 Å². The molecule has 180 valence electrons. The number of para-hydroxylation sites is 1. The highest BCUT2D eigenvalue weighted by Crippen LogP contribution is 2.36. The van der Waals surface area contributed by atoms with Gasteiger partial charge >= 0.3 is 0 Å². The number of benzene rings is 1. The van der Waals surface area contributed by atoms with Crippen molar-refractivity contribution in [1.29, 1.82) is 0 Å². The van der Waals surface area contributed by atoms with Gasteiger partial charge in [0.25, 0.3) is 0 Å². The van der Waals surface area contributed by atoms with Gasteiger partial charge in [0.15, 0.2) is 16.7 Å². The van der Waals surface area contributed by atoms with Crippen LogP contribution in [0.25, 0.3) is 11.4 Å². The van der Waals surface area contributed by atoms with Crippen LogP contribution in [-0.2, 0) is 0 Å². The van der Waals surface area contributed by atoms with Crippen LogP contribution in [0.1, 0.15) is 0 Å². The highest BCUT2D eigenvalue weighted by atomic mass is 35.5. The summed E-state index contributed by atoms with van der Waals surface area (Å²) in [6, 6.07) is 21.3. The van der Waals surface area contributed by atoms with Crippen molar-refractivity contribution < 1.29 is 4.74 Å². The highest BCUT2D eigenvalue weighted by Gasteiger charge is 2.13.